The molecule has 0 radical (unpaired) electrons. The number of rotatable bonds is 5. The van der Waals surface area contributed by atoms with Crippen molar-refractivity contribution < 1.29 is 14.4 Å². The SMILES string of the molecule is O=C(CC[C@@H]1NC(=O)NC1=O)Nc1cnn(-c2ccccc2)c1. The molecular formula is C15H15N5O3. The maximum Gasteiger partial charge on any atom is 0.322 e. The van der Waals surface area contributed by atoms with Crippen molar-refractivity contribution in [2.75, 3.05) is 5.32 Å². The third kappa shape index (κ3) is 3.54. The molecule has 2 heterocycles. The number of carbonyl (C=O) groups is 3. The number of anilines is 1. The number of para-hydroxylation sites is 1. The van der Waals surface area contributed by atoms with Gasteiger partial charge in [0.05, 0.1) is 23.8 Å². The molecule has 4 amide bonds. The number of aromatic nitrogens is 2. The number of nitrogens with zero attached hydrogens (tertiary/aromatic N) is 2. The van der Waals surface area contributed by atoms with Gasteiger partial charge in [0.15, 0.2) is 0 Å². The lowest BCUT2D eigenvalue weighted by atomic mass is 10.1. The molecule has 1 aliphatic rings. The fourth-order valence-electron chi connectivity index (χ4n) is 2.27. The zero-order valence-corrected chi connectivity index (χ0v) is 12.2. The quantitative estimate of drug-likeness (QED) is 0.710. The molecule has 2 aromatic rings. The number of benzene rings is 1. The van der Waals surface area contributed by atoms with Gasteiger partial charge in [0, 0.05) is 6.42 Å². The molecule has 0 aliphatic carbocycles. The van der Waals surface area contributed by atoms with Gasteiger partial charge >= 0.3 is 6.03 Å². The van der Waals surface area contributed by atoms with Crippen LogP contribution in [0.5, 0.6) is 0 Å². The Hall–Kier alpha value is -3.16. The van der Waals surface area contributed by atoms with Gasteiger partial charge in [-0.3, -0.25) is 14.9 Å². The van der Waals surface area contributed by atoms with E-state index in [2.05, 4.69) is 21.0 Å². The molecule has 1 aliphatic heterocycles. The second-order valence-corrected chi connectivity index (χ2v) is 5.11. The Labute approximate surface area is 131 Å². The van der Waals surface area contributed by atoms with Gasteiger partial charge in [-0.15, -0.1) is 0 Å². The molecule has 0 saturated carbocycles. The highest BCUT2D eigenvalue weighted by Gasteiger charge is 2.29. The van der Waals surface area contributed by atoms with Crippen LogP contribution >= 0.6 is 0 Å². The lowest BCUT2D eigenvalue weighted by Crippen LogP contribution is -2.30. The van der Waals surface area contributed by atoms with Crippen LogP contribution in [0.1, 0.15) is 12.8 Å². The Kier molecular flexibility index (Phi) is 4.05. The average molecular weight is 313 g/mol. The van der Waals surface area contributed by atoms with Crippen LogP contribution in [-0.4, -0.2) is 33.7 Å². The van der Waals surface area contributed by atoms with Crippen molar-refractivity contribution in [3.63, 3.8) is 0 Å². The lowest BCUT2D eigenvalue weighted by molar-refractivity contribution is -0.120. The van der Waals surface area contributed by atoms with E-state index in [1.54, 1.807) is 17.1 Å². The summed E-state index contributed by atoms with van der Waals surface area (Å²) in [5.41, 5.74) is 1.46. The molecule has 3 rings (SSSR count). The van der Waals surface area contributed by atoms with E-state index in [0.717, 1.165) is 5.69 Å². The molecule has 8 nitrogen and oxygen atoms in total. The minimum Gasteiger partial charge on any atom is -0.326 e. The summed E-state index contributed by atoms with van der Waals surface area (Å²) in [6.45, 7) is 0. The predicted molar refractivity (Wildman–Crippen MR) is 81.9 cm³/mol. The van der Waals surface area contributed by atoms with Crippen molar-refractivity contribution in [3.8, 4) is 5.69 Å². The molecule has 1 atom stereocenters. The maximum atomic E-state index is 11.9. The van der Waals surface area contributed by atoms with Crippen molar-refractivity contribution in [2.24, 2.45) is 0 Å². The van der Waals surface area contributed by atoms with E-state index < -0.39 is 18.0 Å². The summed E-state index contributed by atoms with van der Waals surface area (Å²) in [5.74, 6) is -0.647. The van der Waals surface area contributed by atoms with Gasteiger partial charge in [0.25, 0.3) is 5.91 Å². The number of nitrogens with one attached hydrogen (secondary N) is 3. The molecule has 1 saturated heterocycles. The molecule has 8 heteroatoms. The van der Waals surface area contributed by atoms with E-state index in [4.69, 9.17) is 0 Å². The molecule has 0 spiro atoms. The first-order chi connectivity index (χ1) is 11.1. The standard InChI is InChI=1S/C15H15N5O3/c21-13(7-6-12-14(22)19-15(23)18-12)17-10-8-16-20(9-10)11-4-2-1-3-5-11/h1-5,8-9,12H,6-7H2,(H,17,21)(H2,18,19,22,23)/t12-/m0/s1. The van der Waals surface area contributed by atoms with Gasteiger partial charge in [-0.25, -0.2) is 9.48 Å². The number of amides is 4. The smallest absolute Gasteiger partial charge is 0.322 e. The molecule has 23 heavy (non-hydrogen) atoms. The van der Waals surface area contributed by atoms with Gasteiger partial charge < -0.3 is 10.6 Å². The highest BCUT2D eigenvalue weighted by Crippen LogP contribution is 2.12. The summed E-state index contributed by atoms with van der Waals surface area (Å²) >= 11 is 0. The zero-order valence-electron chi connectivity index (χ0n) is 12.2. The minimum atomic E-state index is -0.653. The van der Waals surface area contributed by atoms with E-state index in [1.165, 1.54) is 0 Å². The summed E-state index contributed by atoms with van der Waals surface area (Å²) in [4.78, 5) is 34.3. The molecule has 1 fully saturated rings. The predicted octanol–water partition coefficient (Wildman–Crippen LogP) is 0.799. The summed E-state index contributed by atoms with van der Waals surface area (Å²) in [5, 5.41) is 11.5. The van der Waals surface area contributed by atoms with E-state index in [9.17, 15) is 14.4 Å². The summed E-state index contributed by atoms with van der Waals surface area (Å²) < 4.78 is 1.65. The van der Waals surface area contributed by atoms with Crippen LogP contribution in [0.2, 0.25) is 0 Å². The number of carbonyl (C=O) groups excluding carboxylic acids is 3. The normalized spacial score (nSPS) is 16.8. The monoisotopic (exact) mass is 313 g/mol. The Morgan fingerprint density at radius 2 is 2.04 bits per heavy atom. The van der Waals surface area contributed by atoms with E-state index in [1.807, 2.05) is 30.3 Å². The van der Waals surface area contributed by atoms with Crippen molar-refractivity contribution in [3.05, 3.63) is 42.7 Å². The lowest BCUT2D eigenvalue weighted by Gasteiger charge is -2.06. The first-order valence-corrected chi connectivity index (χ1v) is 7.13. The number of imide groups is 1. The Bertz CT molecular complexity index is 741. The van der Waals surface area contributed by atoms with Crippen LogP contribution in [-0.2, 0) is 9.59 Å². The number of urea groups is 1. The van der Waals surface area contributed by atoms with Crippen molar-refractivity contribution in [2.45, 2.75) is 18.9 Å². The van der Waals surface area contributed by atoms with Crippen LogP contribution in [0.4, 0.5) is 10.5 Å². The zero-order chi connectivity index (χ0) is 16.2. The minimum absolute atomic E-state index is 0.120. The molecule has 0 bridgehead atoms. The third-order valence-electron chi connectivity index (χ3n) is 3.41. The summed E-state index contributed by atoms with van der Waals surface area (Å²) in [7, 11) is 0. The molecular weight excluding hydrogens is 298 g/mol. The fraction of sp³-hybridized carbons (Fsp3) is 0.200. The third-order valence-corrected chi connectivity index (χ3v) is 3.41. The second kappa shape index (κ2) is 6.30. The number of hydrogen-bond donors (Lipinski definition) is 3. The van der Waals surface area contributed by atoms with Crippen LogP contribution in [0, 0.1) is 0 Å². The number of hydrogen-bond acceptors (Lipinski definition) is 4. The molecule has 1 aromatic carbocycles. The first-order valence-electron chi connectivity index (χ1n) is 7.13. The van der Waals surface area contributed by atoms with Crippen LogP contribution in [0.3, 0.4) is 0 Å². The van der Waals surface area contributed by atoms with E-state index in [-0.39, 0.29) is 18.7 Å². The molecule has 1 aromatic heterocycles. The highest BCUT2D eigenvalue weighted by atomic mass is 16.2. The van der Waals surface area contributed by atoms with Crippen molar-refractivity contribution in [1.29, 1.82) is 0 Å². The molecule has 3 N–H and O–H groups in total. The van der Waals surface area contributed by atoms with Crippen LogP contribution < -0.4 is 16.0 Å². The van der Waals surface area contributed by atoms with Gasteiger partial charge in [0.1, 0.15) is 6.04 Å². The summed E-state index contributed by atoms with van der Waals surface area (Å²) in [6, 6.07) is 8.34. The first kappa shape index (κ1) is 14.8. The van der Waals surface area contributed by atoms with Crippen molar-refractivity contribution in [1.82, 2.24) is 20.4 Å². The topological polar surface area (TPSA) is 105 Å². The van der Waals surface area contributed by atoms with Crippen LogP contribution in [0.25, 0.3) is 5.69 Å². The molecule has 118 valence electrons. The average Bonchev–Trinajstić information content (AvgIpc) is 3.12. The molecule has 0 unspecified atom stereocenters. The van der Waals surface area contributed by atoms with Gasteiger partial charge in [0.2, 0.25) is 5.91 Å². The maximum absolute atomic E-state index is 11.9. The van der Waals surface area contributed by atoms with E-state index >= 15 is 0 Å². The van der Waals surface area contributed by atoms with Gasteiger partial charge in [-0.05, 0) is 18.6 Å². The van der Waals surface area contributed by atoms with Crippen molar-refractivity contribution >= 4 is 23.5 Å². The Morgan fingerprint density at radius 1 is 1.26 bits per heavy atom. The fourth-order valence-corrected chi connectivity index (χ4v) is 2.27. The largest absolute Gasteiger partial charge is 0.326 e. The van der Waals surface area contributed by atoms with Crippen LogP contribution in [0.15, 0.2) is 42.7 Å². The highest BCUT2D eigenvalue weighted by molar-refractivity contribution is 6.04. The second-order valence-electron chi connectivity index (χ2n) is 5.11. The van der Waals surface area contributed by atoms with Gasteiger partial charge in [-0.2, -0.15) is 5.10 Å². The Balaban J connectivity index is 1.53. The summed E-state index contributed by atoms with van der Waals surface area (Å²) in [6.07, 6.45) is 3.62. The van der Waals surface area contributed by atoms with Gasteiger partial charge in [-0.1, -0.05) is 18.2 Å². The van der Waals surface area contributed by atoms with E-state index in [0.29, 0.717) is 5.69 Å². The Morgan fingerprint density at radius 3 is 2.74 bits per heavy atom.